The lowest BCUT2D eigenvalue weighted by Crippen LogP contribution is -2.43. The second-order valence-corrected chi connectivity index (χ2v) is 13.4. The standard InChI is InChI=1S/C25H41ClN5O9P/c1-5-37-41(35,38-6-2)25(14-32,15-33)36-13-17-11-19(40-24(3,4)34)22(39-17)31-21-18(12-27-31)20(29-23(26)30-21)28-16-9-7-8-10-16/h12,16-17,19,22,32-34H,5-11,13-15H2,1-4H3,(H,28,29,30)/t17-,19+,22+/m0/s1. The Bertz CT molecular complexity index is 1190. The zero-order valence-corrected chi connectivity index (χ0v) is 25.5. The van der Waals surface area contributed by atoms with Gasteiger partial charge in [0.05, 0.1) is 50.7 Å². The number of nitrogens with one attached hydrogen (secondary N) is 1. The van der Waals surface area contributed by atoms with Crippen LogP contribution in [-0.4, -0.2) is 97.5 Å². The zero-order valence-electron chi connectivity index (χ0n) is 23.9. The third-order valence-electron chi connectivity index (χ3n) is 7.08. The number of aliphatic hydroxyl groups is 3. The Hall–Kier alpha value is -1.45. The molecule has 0 aromatic carbocycles. The van der Waals surface area contributed by atoms with Gasteiger partial charge >= 0.3 is 7.60 Å². The Morgan fingerprint density at radius 1 is 1.17 bits per heavy atom. The first-order valence-corrected chi connectivity index (χ1v) is 15.9. The molecule has 2 aliphatic rings. The summed E-state index contributed by atoms with van der Waals surface area (Å²) >= 11 is 6.31. The Morgan fingerprint density at radius 2 is 1.83 bits per heavy atom. The van der Waals surface area contributed by atoms with Gasteiger partial charge in [0, 0.05) is 12.5 Å². The number of hydrogen-bond acceptors (Lipinski definition) is 13. The molecule has 0 unspecified atom stereocenters. The predicted octanol–water partition coefficient (Wildman–Crippen LogP) is 3.20. The minimum Gasteiger partial charge on any atom is -0.393 e. The third-order valence-corrected chi connectivity index (χ3v) is 9.85. The molecular formula is C25H41ClN5O9P. The van der Waals surface area contributed by atoms with Crippen LogP contribution in [0.25, 0.3) is 11.0 Å². The molecule has 2 fully saturated rings. The van der Waals surface area contributed by atoms with Gasteiger partial charge < -0.3 is 43.9 Å². The van der Waals surface area contributed by atoms with Crippen molar-refractivity contribution in [1.82, 2.24) is 19.7 Å². The normalized spacial score (nSPS) is 22.7. The third kappa shape index (κ3) is 7.20. The zero-order chi connectivity index (χ0) is 29.8. The lowest BCUT2D eigenvalue weighted by Gasteiger charge is -2.36. The monoisotopic (exact) mass is 621 g/mol. The maximum absolute atomic E-state index is 13.5. The molecule has 0 bridgehead atoms. The summed E-state index contributed by atoms with van der Waals surface area (Å²) in [6.45, 7) is 4.41. The van der Waals surface area contributed by atoms with E-state index in [9.17, 15) is 19.9 Å². The van der Waals surface area contributed by atoms with Gasteiger partial charge in [0.2, 0.25) is 10.6 Å². The summed E-state index contributed by atoms with van der Waals surface area (Å²) in [5, 5.41) is 37.4. The van der Waals surface area contributed by atoms with E-state index in [4.69, 9.17) is 34.9 Å². The number of halogens is 1. The smallest absolute Gasteiger partial charge is 0.367 e. The highest BCUT2D eigenvalue weighted by molar-refractivity contribution is 7.55. The van der Waals surface area contributed by atoms with Crippen LogP contribution < -0.4 is 5.32 Å². The summed E-state index contributed by atoms with van der Waals surface area (Å²) < 4.78 is 43.8. The molecule has 14 nitrogen and oxygen atoms in total. The molecule has 1 aliphatic heterocycles. The Kier molecular flexibility index (Phi) is 10.7. The second kappa shape index (κ2) is 13.5. The molecule has 41 heavy (non-hydrogen) atoms. The van der Waals surface area contributed by atoms with Crippen molar-refractivity contribution in [3.63, 3.8) is 0 Å². The first-order chi connectivity index (χ1) is 19.5. The molecular weight excluding hydrogens is 581 g/mol. The van der Waals surface area contributed by atoms with Crippen LogP contribution in [0.2, 0.25) is 5.28 Å². The first kappa shape index (κ1) is 32.5. The van der Waals surface area contributed by atoms with Crippen molar-refractivity contribution in [2.75, 3.05) is 38.4 Å². The van der Waals surface area contributed by atoms with E-state index in [1.807, 2.05) is 0 Å². The summed E-state index contributed by atoms with van der Waals surface area (Å²) in [6.07, 6.45) is 3.96. The summed E-state index contributed by atoms with van der Waals surface area (Å²) in [7, 11) is -4.09. The quantitative estimate of drug-likeness (QED) is 0.129. The van der Waals surface area contributed by atoms with E-state index in [2.05, 4.69) is 20.4 Å². The van der Waals surface area contributed by atoms with E-state index in [0.29, 0.717) is 16.9 Å². The molecule has 4 N–H and O–H groups in total. The average molecular weight is 622 g/mol. The number of fused-ring (bicyclic) bond motifs is 1. The van der Waals surface area contributed by atoms with Crippen molar-refractivity contribution in [3.8, 4) is 0 Å². The van der Waals surface area contributed by atoms with E-state index in [0.717, 1.165) is 25.7 Å². The maximum Gasteiger partial charge on any atom is 0.367 e. The van der Waals surface area contributed by atoms with Crippen molar-refractivity contribution in [3.05, 3.63) is 11.5 Å². The fourth-order valence-corrected chi connectivity index (χ4v) is 7.20. The van der Waals surface area contributed by atoms with Gasteiger partial charge in [0.15, 0.2) is 17.7 Å². The summed E-state index contributed by atoms with van der Waals surface area (Å²) in [5.41, 5.74) is 0.415. The highest BCUT2D eigenvalue weighted by atomic mass is 35.5. The molecule has 3 atom stereocenters. The lowest BCUT2D eigenvalue weighted by atomic mass is 10.2. The van der Waals surface area contributed by atoms with Gasteiger partial charge in [-0.1, -0.05) is 12.8 Å². The van der Waals surface area contributed by atoms with Crippen LogP contribution in [0.15, 0.2) is 6.20 Å². The molecule has 3 heterocycles. The highest BCUT2D eigenvalue weighted by Crippen LogP contribution is 2.60. The fraction of sp³-hybridized carbons (Fsp3) is 0.800. The number of aliphatic hydroxyl groups excluding tert-OH is 2. The van der Waals surface area contributed by atoms with Gasteiger partial charge in [-0.05, 0) is 52.1 Å². The van der Waals surface area contributed by atoms with Crippen LogP contribution in [-0.2, 0) is 27.8 Å². The molecule has 4 rings (SSSR count). The molecule has 0 amide bonds. The topological polar surface area (TPSA) is 180 Å². The minimum atomic E-state index is -4.09. The molecule has 1 saturated heterocycles. The molecule has 2 aromatic heterocycles. The minimum absolute atomic E-state index is 0.0142. The number of hydrogen-bond donors (Lipinski definition) is 4. The molecule has 0 spiro atoms. The average Bonchev–Trinajstić information content (AvgIpc) is 3.65. The summed E-state index contributed by atoms with van der Waals surface area (Å²) in [5.74, 6) is -0.930. The second-order valence-electron chi connectivity index (χ2n) is 10.7. The van der Waals surface area contributed by atoms with Crippen molar-refractivity contribution in [1.29, 1.82) is 0 Å². The Balaban J connectivity index is 1.61. The summed E-state index contributed by atoms with van der Waals surface area (Å²) in [6, 6.07) is 0.283. The predicted molar refractivity (Wildman–Crippen MR) is 150 cm³/mol. The van der Waals surface area contributed by atoms with Gasteiger partial charge in [-0.25, -0.2) is 4.68 Å². The lowest BCUT2D eigenvalue weighted by molar-refractivity contribution is -0.223. The van der Waals surface area contributed by atoms with Crippen molar-refractivity contribution < 1.29 is 43.1 Å². The van der Waals surface area contributed by atoms with Gasteiger partial charge in [-0.15, -0.1) is 0 Å². The van der Waals surface area contributed by atoms with Crippen LogP contribution in [0, 0.1) is 0 Å². The van der Waals surface area contributed by atoms with E-state index in [1.165, 1.54) is 18.5 Å². The molecule has 16 heteroatoms. The van der Waals surface area contributed by atoms with E-state index < -0.39 is 50.4 Å². The van der Waals surface area contributed by atoms with E-state index in [1.54, 1.807) is 20.0 Å². The van der Waals surface area contributed by atoms with Crippen LogP contribution in [0.5, 0.6) is 0 Å². The van der Waals surface area contributed by atoms with Crippen LogP contribution in [0.1, 0.15) is 66.0 Å². The molecule has 2 aromatic rings. The van der Waals surface area contributed by atoms with Crippen molar-refractivity contribution >= 4 is 36.0 Å². The highest BCUT2D eigenvalue weighted by Gasteiger charge is 2.53. The maximum atomic E-state index is 13.5. The van der Waals surface area contributed by atoms with Gasteiger partial charge in [-0.3, -0.25) is 4.57 Å². The van der Waals surface area contributed by atoms with Gasteiger partial charge in [0.1, 0.15) is 11.9 Å². The number of anilines is 1. The number of rotatable bonds is 15. The van der Waals surface area contributed by atoms with Crippen LogP contribution in [0.3, 0.4) is 0 Å². The largest absolute Gasteiger partial charge is 0.393 e. The SMILES string of the molecule is CCOP(=O)(OCC)C(CO)(CO)OC[C@@H]1C[C@@H](OC(C)(C)O)[C@H](n2ncc3c(NC4CCCC4)nc(Cl)nc32)O1. The van der Waals surface area contributed by atoms with E-state index >= 15 is 0 Å². The number of aromatic nitrogens is 4. The van der Waals surface area contributed by atoms with Crippen LogP contribution >= 0.6 is 19.2 Å². The van der Waals surface area contributed by atoms with E-state index in [-0.39, 0.29) is 37.6 Å². The fourth-order valence-electron chi connectivity index (χ4n) is 5.23. The first-order valence-electron chi connectivity index (χ1n) is 14.0. The van der Waals surface area contributed by atoms with Crippen LogP contribution in [0.4, 0.5) is 5.82 Å². The number of ether oxygens (including phenoxy) is 3. The molecule has 0 radical (unpaired) electrons. The molecule has 232 valence electrons. The Morgan fingerprint density at radius 3 is 2.41 bits per heavy atom. The van der Waals surface area contributed by atoms with Gasteiger partial charge in [-0.2, -0.15) is 15.1 Å². The van der Waals surface area contributed by atoms with Gasteiger partial charge in [0.25, 0.3) is 0 Å². The van der Waals surface area contributed by atoms with Crippen molar-refractivity contribution in [2.45, 2.75) is 95.4 Å². The number of nitrogens with zero attached hydrogens (tertiary/aromatic N) is 4. The Labute approximate surface area is 244 Å². The van der Waals surface area contributed by atoms with Crippen molar-refractivity contribution in [2.24, 2.45) is 0 Å². The summed E-state index contributed by atoms with van der Waals surface area (Å²) in [4.78, 5) is 8.79. The molecule has 1 saturated carbocycles. The molecule has 1 aliphatic carbocycles.